The van der Waals surface area contributed by atoms with Crippen molar-refractivity contribution in [3.63, 3.8) is 0 Å². The second-order valence-electron chi connectivity index (χ2n) is 5.26. The molecule has 1 heterocycles. The third-order valence-corrected chi connectivity index (χ3v) is 3.51. The van der Waals surface area contributed by atoms with Crippen LogP contribution in [0.5, 0.6) is 0 Å². The number of aliphatic hydroxyl groups is 1. The zero-order chi connectivity index (χ0) is 18.0. The molecule has 1 amide bonds. The molecule has 130 valence electrons. The van der Waals surface area contributed by atoms with Crippen molar-refractivity contribution in [3.05, 3.63) is 53.9 Å². The summed E-state index contributed by atoms with van der Waals surface area (Å²) >= 11 is 0. The van der Waals surface area contributed by atoms with Crippen LogP contribution in [-0.4, -0.2) is 26.7 Å². The van der Waals surface area contributed by atoms with Gasteiger partial charge in [-0.25, -0.2) is 9.37 Å². The minimum atomic E-state index is -5.11. The van der Waals surface area contributed by atoms with Crippen molar-refractivity contribution in [2.45, 2.75) is 24.7 Å². The normalized spacial score (nSPS) is 14.2. The molecular formula is C15H15F4N3O2. The summed E-state index contributed by atoms with van der Waals surface area (Å²) in [6, 6.07) is 5.54. The van der Waals surface area contributed by atoms with Crippen LogP contribution in [0.4, 0.5) is 17.6 Å². The molecule has 2 aromatic rings. The van der Waals surface area contributed by atoms with Gasteiger partial charge >= 0.3 is 6.18 Å². The molecule has 2 rings (SSSR count). The fourth-order valence-corrected chi connectivity index (χ4v) is 2.20. The Morgan fingerprint density at radius 1 is 1.33 bits per heavy atom. The fourth-order valence-electron chi connectivity index (χ4n) is 2.20. The van der Waals surface area contributed by atoms with Gasteiger partial charge in [-0.1, -0.05) is 18.2 Å². The van der Waals surface area contributed by atoms with E-state index in [0.29, 0.717) is 0 Å². The van der Waals surface area contributed by atoms with Crippen molar-refractivity contribution in [3.8, 4) is 0 Å². The molecule has 0 bridgehead atoms. The molecule has 0 aliphatic carbocycles. The molecule has 1 atom stereocenters. The first-order valence-corrected chi connectivity index (χ1v) is 6.92. The van der Waals surface area contributed by atoms with Gasteiger partial charge in [0.1, 0.15) is 5.82 Å². The summed E-state index contributed by atoms with van der Waals surface area (Å²) in [5, 5.41) is 12.2. The lowest BCUT2D eigenvalue weighted by molar-refractivity contribution is -0.271. The third-order valence-electron chi connectivity index (χ3n) is 3.51. The van der Waals surface area contributed by atoms with E-state index >= 15 is 0 Å². The highest BCUT2D eigenvalue weighted by molar-refractivity contribution is 5.77. The average molecular weight is 345 g/mol. The first kappa shape index (κ1) is 17.9. The number of aryl methyl sites for hydroxylation is 1. The van der Waals surface area contributed by atoms with Crippen LogP contribution in [0, 0.1) is 5.82 Å². The van der Waals surface area contributed by atoms with E-state index in [9.17, 15) is 27.5 Å². The number of imidazole rings is 1. The minimum absolute atomic E-state index is 0.124. The highest BCUT2D eigenvalue weighted by Crippen LogP contribution is 2.40. The maximum absolute atomic E-state index is 13.4. The number of aromatic nitrogens is 2. The Morgan fingerprint density at radius 3 is 2.54 bits per heavy atom. The molecule has 24 heavy (non-hydrogen) atoms. The van der Waals surface area contributed by atoms with Crippen LogP contribution in [-0.2, 0) is 24.0 Å². The Hall–Kier alpha value is -2.42. The molecule has 0 saturated heterocycles. The van der Waals surface area contributed by atoms with Gasteiger partial charge in [0.15, 0.2) is 5.82 Å². The number of halogens is 4. The summed E-state index contributed by atoms with van der Waals surface area (Å²) in [4.78, 5) is 15.4. The maximum Gasteiger partial charge on any atom is 0.425 e. The van der Waals surface area contributed by atoms with Gasteiger partial charge in [-0.3, -0.25) is 4.79 Å². The number of alkyl halides is 3. The number of nitrogens with zero attached hydrogens (tertiary/aromatic N) is 2. The van der Waals surface area contributed by atoms with Crippen LogP contribution < -0.4 is 5.32 Å². The quantitative estimate of drug-likeness (QED) is 0.815. The minimum Gasteiger partial charge on any atom is -0.374 e. The van der Waals surface area contributed by atoms with E-state index in [1.54, 1.807) is 0 Å². The van der Waals surface area contributed by atoms with E-state index < -0.39 is 35.7 Å². The van der Waals surface area contributed by atoms with E-state index in [4.69, 9.17) is 0 Å². The Kier molecular flexibility index (Phi) is 4.93. The average Bonchev–Trinajstić information content (AvgIpc) is 2.92. The molecule has 2 N–H and O–H groups in total. The zero-order valence-electron chi connectivity index (χ0n) is 12.6. The van der Waals surface area contributed by atoms with E-state index in [1.165, 1.54) is 37.5 Å². The number of hydrogen-bond acceptors (Lipinski definition) is 3. The summed E-state index contributed by atoms with van der Waals surface area (Å²) < 4.78 is 54.3. The molecular weight excluding hydrogens is 330 g/mol. The number of rotatable bonds is 5. The number of nitrogens with one attached hydrogen (secondary N) is 1. The number of benzene rings is 1. The summed E-state index contributed by atoms with van der Waals surface area (Å²) in [6.45, 7) is -0.292. The van der Waals surface area contributed by atoms with Crippen LogP contribution in [0.15, 0.2) is 36.7 Å². The summed E-state index contributed by atoms with van der Waals surface area (Å²) in [5.74, 6) is -2.37. The number of amides is 1. The molecule has 9 heteroatoms. The highest BCUT2D eigenvalue weighted by atomic mass is 19.4. The first-order valence-electron chi connectivity index (χ1n) is 6.92. The Balaban J connectivity index is 2.14. The topological polar surface area (TPSA) is 67.1 Å². The predicted octanol–water partition coefficient (Wildman–Crippen LogP) is 2.02. The van der Waals surface area contributed by atoms with Crippen molar-refractivity contribution >= 4 is 5.91 Å². The molecule has 0 radical (unpaired) electrons. The van der Waals surface area contributed by atoms with Gasteiger partial charge < -0.3 is 15.0 Å². The molecule has 0 saturated carbocycles. The maximum atomic E-state index is 13.4. The van der Waals surface area contributed by atoms with Gasteiger partial charge in [0.25, 0.3) is 0 Å². The second-order valence-corrected chi connectivity index (χ2v) is 5.26. The smallest absolute Gasteiger partial charge is 0.374 e. The van der Waals surface area contributed by atoms with Gasteiger partial charge in [0, 0.05) is 31.5 Å². The molecule has 1 aromatic heterocycles. The van der Waals surface area contributed by atoms with Crippen molar-refractivity contribution < 1.29 is 27.5 Å². The molecule has 1 unspecified atom stereocenters. The number of carbonyl (C=O) groups is 1. The molecule has 0 aliphatic heterocycles. The van der Waals surface area contributed by atoms with E-state index in [1.807, 2.05) is 0 Å². The molecule has 1 aromatic carbocycles. The zero-order valence-corrected chi connectivity index (χ0v) is 12.6. The van der Waals surface area contributed by atoms with Crippen LogP contribution in [0.3, 0.4) is 0 Å². The van der Waals surface area contributed by atoms with Crippen molar-refractivity contribution in [2.24, 2.45) is 7.05 Å². The Bertz CT molecular complexity index is 730. The van der Waals surface area contributed by atoms with E-state index in [0.717, 1.165) is 10.8 Å². The lowest BCUT2D eigenvalue weighted by Crippen LogP contribution is -2.47. The number of hydrogen-bond donors (Lipinski definition) is 2. The number of carbonyl (C=O) groups excluding carboxylic acids is 1. The highest BCUT2D eigenvalue weighted by Gasteiger charge is 2.58. The monoisotopic (exact) mass is 345 g/mol. The SMILES string of the molecule is Cn1ccnc1C(O)(CC(=O)NCc1ccccc1F)C(F)(F)F. The molecule has 0 fully saturated rings. The van der Waals surface area contributed by atoms with Crippen molar-refractivity contribution in [2.75, 3.05) is 0 Å². The van der Waals surface area contributed by atoms with Crippen LogP contribution >= 0.6 is 0 Å². The van der Waals surface area contributed by atoms with Gasteiger partial charge in [-0.05, 0) is 6.07 Å². The van der Waals surface area contributed by atoms with Gasteiger partial charge in [0.2, 0.25) is 11.5 Å². The predicted molar refractivity (Wildman–Crippen MR) is 76.0 cm³/mol. The van der Waals surface area contributed by atoms with E-state index in [2.05, 4.69) is 10.3 Å². The summed E-state index contributed by atoms with van der Waals surface area (Å²) in [5.41, 5.74) is -3.32. The van der Waals surface area contributed by atoms with Gasteiger partial charge in [0.05, 0.1) is 6.42 Å². The molecule has 0 aliphatic rings. The van der Waals surface area contributed by atoms with Crippen molar-refractivity contribution in [1.29, 1.82) is 0 Å². The van der Waals surface area contributed by atoms with Gasteiger partial charge in [-0.15, -0.1) is 0 Å². The Morgan fingerprint density at radius 2 is 2.00 bits per heavy atom. The first-order chi connectivity index (χ1) is 11.1. The van der Waals surface area contributed by atoms with Crippen molar-refractivity contribution in [1.82, 2.24) is 14.9 Å². The van der Waals surface area contributed by atoms with Crippen LogP contribution in [0.25, 0.3) is 0 Å². The van der Waals surface area contributed by atoms with Gasteiger partial charge in [-0.2, -0.15) is 13.2 Å². The summed E-state index contributed by atoms with van der Waals surface area (Å²) in [6.07, 6.45) is -4.08. The van der Waals surface area contributed by atoms with Crippen LogP contribution in [0.2, 0.25) is 0 Å². The molecule has 5 nitrogen and oxygen atoms in total. The van der Waals surface area contributed by atoms with Crippen LogP contribution in [0.1, 0.15) is 17.8 Å². The lowest BCUT2D eigenvalue weighted by Gasteiger charge is -2.29. The largest absolute Gasteiger partial charge is 0.425 e. The Labute approximate surface area is 134 Å². The fraction of sp³-hybridized carbons (Fsp3) is 0.333. The lowest BCUT2D eigenvalue weighted by atomic mass is 9.97. The summed E-state index contributed by atoms with van der Waals surface area (Å²) in [7, 11) is 1.27. The van der Waals surface area contributed by atoms with E-state index in [-0.39, 0.29) is 12.1 Å². The second kappa shape index (κ2) is 6.60. The standard InChI is InChI=1S/C15H15F4N3O2/c1-22-7-6-20-13(22)14(24,15(17,18)19)8-12(23)21-9-10-4-2-3-5-11(10)16/h2-7,24H,8-9H2,1H3,(H,21,23). The third kappa shape index (κ3) is 3.56. The molecule has 0 spiro atoms.